The highest BCUT2D eigenvalue weighted by molar-refractivity contribution is 5.85. The normalized spacial score (nSPS) is 20.6. The second kappa shape index (κ2) is 9.24. The molecule has 2 aliphatic rings. The molecule has 8 nitrogen and oxygen atoms in total. The predicted octanol–water partition coefficient (Wildman–Crippen LogP) is 4.27. The Labute approximate surface area is 202 Å². The standard InChI is InChI=1S/C26H27FN6O2/c27-22-13-19(35-18-5-2-1-3-6-18)9-10-21(22)23-24-25(28)29-16-30-33(24)26(31-23)17-7-8-20(34-15-17)14-32-11-4-12-32/h1-3,5-6,9-10,13,16-17,20H,4,7-8,11-12,14-15H2,(H2,28,29,30)/t17-,20+/m0/s1. The van der Waals surface area contributed by atoms with E-state index in [4.69, 9.17) is 20.2 Å². The fourth-order valence-electron chi connectivity index (χ4n) is 4.81. The molecule has 2 saturated heterocycles. The first kappa shape index (κ1) is 21.9. The summed E-state index contributed by atoms with van der Waals surface area (Å²) in [5, 5.41) is 4.41. The first-order valence-electron chi connectivity index (χ1n) is 12.0. The number of likely N-dealkylation sites (tertiary alicyclic amines) is 1. The fraction of sp³-hybridized carbons (Fsp3) is 0.346. The van der Waals surface area contributed by atoms with Gasteiger partial charge in [-0.3, -0.25) is 0 Å². The minimum Gasteiger partial charge on any atom is -0.457 e. The third-order valence-corrected chi connectivity index (χ3v) is 6.81. The Morgan fingerprint density at radius 3 is 2.66 bits per heavy atom. The summed E-state index contributed by atoms with van der Waals surface area (Å²) in [7, 11) is 0. The zero-order valence-electron chi connectivity index (χ0n) is 19.3. The number of ether oxygens (including phenoxy) is 2. The number of aromatic nitrogens is 4. The lowest BCUT2D eigenvalue weighted by Crippen LogP contribution is -2.44. The number of fused-ring (bicyclic) bond motifs is 1. The minimum absolute atomic E-state index is 0.0435. The van der Waals surface area contributed by atoms with Crippen LogP contribution in [0.25, 0.3) is 16.8 Å². The highest BCUT2D eigenvalue weighted by Crippen LogP contribution is 2.36. The zero-order valence-corrected chi connectivity index (χ0v) is 19.3. The third-order valence-electron chi connectivity index (χ3n) is 6.81. The molecule has 2 fully saturated rings. The topological polar surface area (TPSA) is 90.8 Å². The van der Waals surface area contributed by atoms with E-state index in [9.17, 15) is 0 Å². The van der Waals surface area contributed by atoms with Crippen LogP contribution < -0.4 is 10.5 Å². The van der Waals surface area contributed by atoms with Crippen molar-refractivity contribution in [3.05, 3.63) is 66.5 Å². The first-order chi connectivity index (χ1) is 17.2. The molecule has 9 heteroatoms. The van der Waals surface area contributed by atoms with Crippen molar-refractivity contribution >= 4 is 11.3 Å². The Balaban J connectivity index is 1.29. The van der Waals surface area contributed by atoms with Crippen molar-refractivity contribution in [3.63, 3.8) is 0 Å². The molecule has 4 aromatic rings. The number of benzene rings is 2. The number of para-hydroxylation sites is 1. The molecule has 2 aliphatic heterocycles. The van der Waals surface area contributed by atoms with E-state index in [0.29, 0.717) is 34.9 Å². The highest BCUT2D eigenvalue weighted by atomic mass is 19.1. The quantitative estimate of drug-likeness (QED) is 0.446. The molecule has 4 heterocycles. The number of hydrogen-bond acceptors (Lipinski definition) is 7. The lowest BCUT2D eigenvalue weighted by atomic mass is 9.97. The Morgan fingerprint density at radius 1 is 1.09 bits per heavy atom. The average Bonchev–Trinajstić information content (AvgIpc) is 3.23. The van der Waals surface area contributed by atoms with E-state index in [1.165, 1.54) is 18.8 Å². The summed E-state index contributed by atoms with van der Waals surface area (Å²) in [5.41, 5.74) is 7.47. The van der Waals surface area contributed by atoms with Crippen molar-refractivity contribution in [2.45, 2.75) is 31.3 Å². The Bertz CT molecular complexity index is 1330. The number of nitrogens with two attached hydrogens (primary N) is 1. The Morgan fingerprint density at radius 2 is 1.94 bits per heavy atom. The van der Waals surface area contributed by atoms with E-state index in [2.05, 4.69) is 15.0 Å². The maximum absolute atomic E-state index is 15.3. The molecule has 0 aliphatic carbocycles. The number of nitrogens with zero attached hydrogens (tertiary/aromatic N) is 5. The molecule has 0 unspecified atom stereocenters. The molecule has 2 aromatic carbocycles. The van der Waals surface area contributed by atoms with Crippen LogP contribution in [0.5, 0.6) is 11.5 Å². The summed E-state index contributed by atoms with van der Waals surface area (Å²) in [6, 6.07) is 14.0. The molecule has 0 amide bonds. The van der Waals surface area contributed by atoms with E-state index in [1.54, 1.807) is 16.6 Å². The van der Waals surface area contributed by atoms with Crippen molar-refractivity contribution < 1.29 is 13.9 Å². The maximum Gasteiger partial charge on any atom is 0.153 e. The van der Waals surface area contributed by atoms with E-state index in [-0.39, 0.29) is 17.8 Å². The van der Waals surface area contributed by atoms with Crippen LogP contribution in [0.15, 0.2) is 54.9 Å². The number of imidazole rings is 1. The molecule has 2 N–H and O–H groups in total. The van der Waals surface area contributed by atoms with Crippen molar-refractivity contribution in [1.82, 2.24) is 24.5 Å². The number of anilines is 1. The van der Waals surface area contributed by atoms with Crippen LogP contribution >= 0.6 is 0 Å². The molecule has 35 heavy (non-hydrogen) atoms. The minimum atomic E-state index is -0.456. The summed E-state index contributed by atoms with van der Waals surface area (Å²) in [5.74, 6) is 1.60. The molecule has 2 aromatic heterocycles. The van der Waals surface area contributed by atoms with Crippen LogP contribution in [0.2, 0.25) is 0 Å². The summed E-state index contributed by atoms with van der Waals surface area (Å²) in [6.07, 6.45) is 4.79. The van der Waals surface area contributed by atoms with Gasteiger partial charge in [0.15, 0.2) is 5.82 Å². The lowest BCUT2D eigenvalue weighted by molar-refractivity contribution is -0.0272. The molecular formula is C26H27FN6O2. The molecule has 0 radical (unpaired) electrons. The monoisotopic (exact) mass is 474 g/mol. The van der Waals surface area contributed by atoms with Crippen molar-refractivity contribution in [2.24, 2.45) is 0 Å². The largest absolute Gasteiger partial charge is 0.457 e. The number of halogens is 1. The van der Waals surface area contributed by atoms with Crippen molar-refractivity contribution in [2.75, 3.05) is 32.0 Å². The van der Waals surface area contributed by atoms with E-state index in [1.807, 2.05) is 30.3 Å². The SMILES string of the molecule is Nc1ncnn2c([C@H]3CC[C@H](CN4CCC4)OC3)nc(-c3ccc(Oc4ccccc4)cc3F)c12. The van der Waals surface area contributed by atoms with Crippen molar-refractivity contribution in [3.8, 4) is 22.8 Å². The van der Waals surface area contributed by atoms with Gasteiger partial charge in [-0.1, -0.05) is 18.2 Å². The Hall–Kier alpha value is -3.56. The van der Waals surface area contributed by atoms with Crippen LogP contribution in [0.4, 0.5) is 10.2 Å². The second-order valence-corrected chi connectivity index (χ2v) is 9.16. The summed E-state index contributed by atoms with van der Waals surface area (Å²) >= 11 is 0. The van der Waals surface area contributed by atoms with Gasteiger partial charge in [0.25, 0.3) is 0 Å². The highest BCUT2D eigenvalue weighted by Gasteiger charge is 2.30. The van der Waals surface area contributed by atoms with E-state index in [0.717, 1.165) is 38.3 Å². The van der Waals surface area contributed by atoms with Gasteiger partial charge in [-0.05, 0) is 56.6 Å². The molecular weight excluding hydrogens is 447 g/mol. The van der Waals surface area contributed by atoms with Gasteiger partial charge in [0.1, 0.15) is 40.7 Å². The van der Waals surface area contributed by atoms with Crippen molar-refractivity contribution in [1.29, 1.82) is 0 Å². The van der Waals surface area contributed by atoms with Gasteiger partial charge in [0, 0.05) is 24.1 Å². The maximum atomic E-state index is 15.3. The summed E-state index contributed by atoms with van der Waals surface area (Å²) < 4.78 is 29.0. The van der Waals surface area contributed by atoms with Crippen LogP contribution in [0.1, 0.15) is 31.0 Å². The van der Waals surface area contributed by atoms with Gasteiger partial charge in [0.2, 0.25) is 0 Å². The van der Waals surface area contributed by atoms with Gasteiger partial charge in [-0.25, -0.2) is 18.9 Å². The molecule has 0 bridgehead atoms. The predicted molar refractivity (Wildman–Crippen MR) is 130 cm³/mol. The van der Waals surface area contributed by atoms with Gasteiger partial charge in [-0.2, -0.15) is 5.10 Å². The Kier molecular flexibility index (Phi) is 5.79. The molecule has 180 valence electrons. The van der Waals surface area contributed by atoms with Crippen LogP contribution in [0.3, 0.4) is 0 Å². The van der Waals surface area contributed by atoms with Gasteiger partial charge in [0.05, 0.1) is 12.7 Å². The summed E-state index contributed by atoms with van der Waals surface area (Å²) in [6.45, 7) is 3.86. The van der Waals surface area contributed by atoms with Crippen LogP contribution in [-0.2, 0) is 4.74 Å². The van der Waals surface area contributed by atoms with Gasteiger partial charge in [-0.15, -0.1) is 0 Å². The van der Waals surface area contributed by atoms with Crippen LogP contribution in [0, 0.1) is 5.82 Å². The average molecular weight is 475 g/mol. The lowest BCUT2D eigenvalue weighted by Gasteiger charge is -2.36. The fourth-order valence-corrected chi connectivity index (χ4v) is 4.81. The third kappa shape index (κ3) is 4.33. The molecule has 0 spiro atoms. The van der Waals surface area contributed by atoms with Crippen LogP contribution in [-0.4, -0.2) is 56.8 Å². The molecule has 2 atom stereocenters. The van der Waals surface area contributed by atoms with Gasteiger partial charge >= 0.3 is 0 Å². The number of nitrogen functional groups attached to an aromatic ring is 1. The molecule has 0 saturated carbocycles. The van der Waals surface area contributed by atoms with E-state index < -0.39 is 5.82 Å². The first-order valence-corrected chi connectivity index (χ1v) is 12.0. The number of hydrogen-bond donors (Lipinski definition) is 1. The van der Waals surface area contributed by atoms with E-state index >= 15 is 4.39 Å². The number of rotatable bonds is 6. The second-order valence-electron chi connectivity index (χ2n) is 9.16. The summed E-state index contributed by atoms with van der Waals surface area (Å²) in [4.78, 5) is 11.4. The smallest absolute Gasteiger partial charge is 0.153 e. The van der Waals surface area contributed by atoms with Gasteiger partial charge < -0.3 is 20.1 Å². The molecule has 6 rings (SSSR count). The zero-order chi connectivity index (χ0) is 23.8.